The summed E-state index contributed by atoms with van der Waals surface area (Å²) in [6.45, 7) is 6.79. The van der Waals surface area contributed by atoms with Gasteiger partial charge >= 0.3 is 0 Å². The molecule has 0 saturated heterocycles. The van der Waals surface area contributed by atoms with Crippen LogP contribution in [0.4, 0.5) is 0 Å². The predicted molar refractivity (Wildman–Crippen MR) is 105 cm³/mol. The maximum absolute atomic E-state index is 12.4. The molecule has 3 aromatic rings. The SMILES string of the molecule is C=CCn1c(SC(C)C(=O)NCc2cccs2)nnc1-c1ccncc1. The van der Waals surface area contributed by atoms with Crippen molar-refractivity contribution in [3.63, 3.8) is 0 Å². The van der Waals surface area contributed by atoms with Gasteiger partial charge in [-0.2, -0.15) is 0 Å². The number of hydrogen-bond donors (Lipinski definition) is 1. The number of pyridine rings is 1. The highest BCUT2D eigenvalue weighted by molar-refractivity contribution is 8.00. The van der Waals surface area contributed by atoms with Crippen molar-refractivity contribution in [2.75, 3.05) is 0 Å². The molecule has 0 bridgehead atoms. The molecule has 3 heterocycles. The van der Waals surface area contributed by atoms with Crippen molar-refractivity contribution >= 4 is 29.0 Å². The quantitative estimate of drug-likeness (QED) is 0.475. The van der Waals surface area contributed by atoms with Gasteiger partial charge in [-0.05, 0) is 30.5 Å². The zero-order valence-electron chi connectivity index (χ0n) is 14.3. The lowest BCUT2D eigenvalue weighted by Crippen LogP contribution is -2.30. The summed E-state index contributed by atoms with van der Waals surface area (Å²) in [5.41, 5.74) is 0.927. The van der Waals surface area contributed by atoms with Gasteiger partial charge in [-0.1, -0.05) is 23.9 Å². The fourth-order valence-electron chi connectivity index (χ4n) is 2.33. The first-order chi connectivity index (χ1) is 12.7. The van der Waals surface area contributed by atoms with Crippen molar-refractivity contribution in [3.8, 4) is 11.4 Å². The highest BCUT2D eigenvalue weighted by Gasteiger charge is 2.20. The van der Waals surface area contributed by atoms with Crippen molar-refractivity contribution in [3.05, 3.63) is 59.6 Å². The molecule has 0 aliphatic rings. The lowest BCUT2D eigenvalue weighted by molar-refractivity contribution is -0.120. The normalized spacial score (nSPS) is 11.9. The van der Waals surface area contributed by atoms with E-state index in [1.54, 1.807) is 29.8 Å². The average Bonchev–Trinajstić information content (AvgIpc) is 3.31. The first-order valence-corrected chi connectivity index (χ1v) is 9.86. The van der Waals surface area contributed by atoms with Gasteiger partial charge in [-0.25, -0.2) is 0 Å². The third-order valence-corrected chi connectivity index (χ3v) is 5.59. The topological polar surface area (TPSA) is 72.7 Å². The highest BCUT2D eigenvalue weighted by Crippen LogP contribution is 2.26. The largest absolute Gasteiger partial charge is 0.350 e. The van der Waals surface area contributed by atoms with Gasteiger partial charge in [0.25, 0.3) is 0 Å². The van der Waals surface area contributed by atoms with Crippen LogP contribution >= 0.6 is 23.1 Å². The van der Waals surface area contributed by atoms with Crippen LogP contribution in [0.5, 0.6) is 0 Å². The molecule has 0 spiro atoms. The molecule has 0 fully saturated rings. The van der Waals surface area contributed by atoms with Crippen molar-refractivity contribution in [2.24, 2.45) is 0 Å². The Kier molecular flexibility index (Phi) is 6.19. The molecule has 1 unspecified atom stereocenters. The number of allylic oxidation sites excluding steroid dienone is 1. The summed E-state index contributed by atoms with van der Waals surface area (Å²) in [6.07, 6.45) is 5.23. The third kappa shape index (κ3) is 4.39. The van der Waals surface area contributed by atoms with E-state index in [1.165, 1.54) is 11.8 Å². The second kappa shape index (κ2) is 8.77. The van der Waals surface area contributed by atoms with Crippen LogP contribution in [-0.2, 0) is 17.9 Å². The van der Waals surface area contributed by atoms with Gasteiger partial charge in [0.2, 0.25) is 5.91 Å². The highest BCUT2D eigenvalue weighted by atomic mass is 32.2. The molecule has 6 nitrogen and oxygen atoms in total. The van der Waals surface area contributed by atoms with Gasteiger partial charge < -0.3 is 5.32 Å². The number of aromatic nitrogens is 4. The third-order valence-electron chi connectivity index (χ3n) is 3.64. The number of hydrogen-bond acceptors (Lipinski definition) is 6. The van der Waals surface area contributed by atoms with Crippen LogP contribution < -0.4 is 5.32 Å². The molecular formula is C18H19N5OS2. The van der Waals surface area contributed by atoms with Crippen molar-refractivity contribution in [1.82, 2.24) is 25.1 Å². The molecular weight excluding hydrogens is 366 g/mol. The molecule has 1 N–H and O–H groups in total. The van der Waals surface area contributed by atoms with Gasteiger partial charge in [0.05, 0.1) is 11.8 Å². The maximum atomic E-state index is 12.4. The molecule has 0 aliphatic carbocycles. The van der Waals surface area contributed by atoms with Crippen LogP contribution in [0.1, 0.15) is 11.8 Å². The fourth-order valence-corrected chi connectivity index (χ4v) is 3.85. The van der Waals surface area contributed by atoms with Crippen molar-refractivity contribution in [1.29, 1.82) is 0 Å². The second-order valence-electron chi connectivity index (χ2n) is 5.50. The molecule has 26 heavy (non-hydrogen) atoms. The molecule has 134 valence electrons. The van der Waals surface area contributed by atoms with Crippen LogP contribution in [-0.4, -0.2) is 30.9 Å². The first-order valence-electron chi connectivity index (χ1n) is 8.10. The smallest absolute Gasteiger partial charge is 0.233 e. The zero-order valence-corrected chi connectivity index (χ0v) is 16.0. The Morgan fingerprint density at radius 3 is 2.88 bits per heavy atom. The first kappa shape index (κ1) is 18.3. The Morgan fingerprint density at radius 2 is 2.19 bits per heavy atom. The number of nitrogens with one attached hydrogen (secondary N) is 1. The predicted octanol–water partition coefficient (Wildman–Crippen LogP) is 3.38. The summed E-state index contributed by atoms with van der Waals surface area (Å²) in [5, 5.41) is 13.9. The Balaban J connectivity index is 1.71. The number of carbonyl (C=O) groups is 1. The van der Waals surface area contributed by atoms with Gasteiger partial charge in [0, 0.05) is 29.4 Å². The maximum Gasteiger partial charge on any atom is 0.233 e. The molecule has 0 aromatic carbocycles. The Morgan fingerprint density at radius 1 is 1.38 bits per heavy atom. The van der Waals surface area contributed by atoms with E-state index in [2.05, 4.69) is 27.1 Å². The van der Waals surface area contributed by atoms with Gasteiger partial charge in [-0.3, -0.25) is 14.3 Å². The standard InChI is InChI=1S/C18H19N5OS2/c1-3-10-23-16(14-6-8-19-9-7-14)21-22-18(23)26-13(2)17(24)20-12-15-5-4-11-25-15/h3-9,11,13H,1,10,12H2,2H3,(H,20,24). The fraction of sp³-hybridized carbons (Fsp3) is 0.222. The van der Waals surface area contributed by atoms with E-state index in [9.17, 15) is 4.79 Å². The van der Waals surface area contributed by atoms with Crippen molar-refractivity contribution < 1.29 is 4.79 Å². The molecule has 3 rings (SSSR count). The average molecular weight is 386 g/mol. The molecule has 8 heteroatoms. The van der Waals surface area contributed by atoms with E-state index in [4.69, 9.17) is 0 Å². The summed E-state index contributed by atoms with van der Waals surface area (Å²) in [4.78, 5) is 17.5. The lowest BCUT2D eigenvalue weighted by atomic mass is 10.2. The summed E-state index contributed by atoms with van der Waals surface area (Å²) in [5.74, 6) is 0.711. The molecule has 1 atom stereocenters. The Hall–Kier alpha value is -2.45. The van der Waals surface area contributed by atoms with Gasteiger partial charge in [-0.15, -0.1) is 28.1 Å². The van der Waals surface area contributed by atoms with Gasteiger partial charge in [0.1, 0.15) is 0 Å². The van der Waals surface area contributed by atoms with Crippen molar-refractivity contribution in [2.45, 2.75) is 30.4 Å². The zero-order chi connectivity index (χ0) is 18.4. The summed E-state index contributed by atoms with van der Waals surface area (Å²) < 4.78 is 1.95. The van der Waals surface area contributed by atoms with E-state index in [0.717, 1.165) is 16.3 Å². The van der Waals surface area contributed by atoms with Crippen LogP contribution in [0.15, 0.2) is 59.9 Å². The minimum atomic E-state index is -0.284. The second-order valence-corrected chi connectivity index (χ2v) is 7.84. The lowest BCUT2D eigenvalue weighted by Gasteiger charge is -2.12. The van der Waals surface area contributed by atoms with E-state index in [1.807, 2.05) is 41.1 Å². The minimum absolute atomic E-state index is 0.0259. The number of amides is 1. The van der Waals surface area contributed by atoms with E-state index in [0.29, 0.717) is 18.2 Å². The van der Waals surface area contributed by atoms with Crippen LogP contribution in [0.3, 0.4) is 0 Å². The summed E-state index contributed by atoms with van der Waals surface area (Å²) >= 11 is 3.01. The minimum Gasteiger partial charge on any atom is -0.350 e. The Labute approximate surface area is 160 Å². The number of thiophene rings is 1. The van der Waals surface area contributed by atoms with Gasteiger partial charge in [0.15, 0.2) is 11.0 Å². The molecule has 0 radical (unpaired) electrons. The number of nitrogens with zero attached hydrogens (tertiary/aromatic N) is 4. The van der Waals surface area contributed by atoms with E-state index < -0.39 is 0 Å². The summed E-state index contributed by atoms with van der Waals surface area (Å²) in [7, 11) is 0. The Bertz CT molecular complexity index is 861. The number of carbonyl (C=O) groups excluding carboxylic acids is 1. The van der Waals surface area contributed by atoms with E-state index >= 15 is 0 Å². The van der Waals surface area contributed by atoms with Crippen LogP contribution in [0, 0.1) is 0 Å². The number of thioether (sulfide) groups is 1. The summed E-state index contributed by atoms with van der Waals surface area (Å²) in [6, 6.07) is 7.75. The monoisotopic (exact) mass is 385 g/mol. The van der Waals surface area contributed by atoms with Crippen LogP contribution in [0.25, 0.3) is 11.4 Å². The number of rotatable bonds is 8. The molecule has 3 aromatic heterocycles. The van der Waals surface area contributed by atoms with E-state index in [-0.39, 0.29) is 11.2 Å². The molecule has 0 aliphatic heterocycles. The molecule has 0 saturated carbocycles. The van der Waals surface area contributed by atoms with Crippen LogP contribution in [0.2, 0.25) is 0 Å². The molecule has 1 amide bonds.